The van der Waals surface area contributed by atoms with Crippen molar-refractivity contribution in [2.24, 2.45) is 0 Å². The molecule has 4 heteroatoms. The Morgan fingerprint density at radius 2 is 2.23 bits per heavy atom. The van der Waals surface area contributed by atoms with Crippen LogP contribution >= 0.6 is 15.9 Å². The molecule has 0 aliphatic rings. The Balaban J connectivity index is 2.49. The minimum absolute atomic E-state index is 0.216. The molecule has 2 aromatic rings. The molecule has 0 amide bonds. The van der Waals surface area contributed by atoms with Crippen LogP contribution in [0.1, 0.15) is 0 Å². The van der Waals surface area contributed by atoms with Gasteiger partial charge < -0.3 is 5.11 Å². The lowest BCUT2D eigenvalue weighted by Gasteiger charge is -2.02. The second kappa shape index (κ2) is 3.22. The third-order valence-electron chi connectivity index (χ3n) is 1.70. The van der Waals surface area contributed by atoms with Crippen LogP contribution in [0.3, 0.4) is 0 Å². The number of rotatable bonds is 1. The first-order valence-electron chi connectivity index (χ1n) is 3.76. The van der Waals surface area contributed by atoms with Crippen LogP contribution in [0.15, 0.2) is 41.1 Å². The molecule has 1 N–H and O–H groups in total. The number of aromatic nitrogens is 2. The summed E-state index contributed by atoms with van der Waals surface area (Å²) in [4.78, 5) is 0. The third kappa shape index (κ3) is 1.58. The van der Waals surface area contributed by atoms with Crippen LogP contribution in [0.4, 0.5) is 0 Å². The highest BCUT2D eigenvalue weighted by Crippen LogP contribution is 2.25. The first kappa shape index (κ1) is 8.31. The average Bonchev–Trinajstić information content (AvgIpc) is 2.62. The predicted molar refractivity (Wildman–Crippen MR) is 52.9 cm³/mol. The van der Waals surface area contributed by atoms with Gasteiger partial charge in [-0.3, -0.25) is 0 Å². The van der Waals surface area contributed by atoms with E-state index in [1.165, 1.54) is 0 Å². The highest BCUT2D eigenvalue weighted by atomic mass is 79.9. The average molecular weight is 239 g/mol. The lowest BCUT2D eigenvalue weighted by Crippen LogP contribution is -1.93. The number of halogens is 1. The molecule has 0 fully saturated rings. The topological polar surface area (TPSA) is 38.0 Å². The van der Waals surface area contributed by atoms with E-state index in [-0.39, 0.29) is 5.75 Å². The summed E-state index contributed by atoms with van der Waals surface area (Å²) in [5, 5.41) is 13.5. The molecule has 0 bridgehead atoms. The quantitative estimate of drug-likeness (QED) is 0.829. The van der Waals surface area contributed by atoms with E-state index < -0.39 is 0 Å². The van der Waals surface area contributed by atoms with Gasteiger partial charge in [-0.05, 0) is 34.1 Å². The van der Waals surface area contributed by atoms with Crippen molar-refractivity contribution >= 4 is 15.9 Å². The van der Waals surface area contributed by atoms with Crippen molar-refractivity contribution in [3.8, 4) is 11.4 Å². The van der Waals surface area contributed by atoms with E-state index in [1.54, 1.807) is 23.0 Å². The van der Waals surface area contributed by atoms with Crippen molar-refractivity contribution < 1.29 is 5.11 Å². The molecule has 3 nitrogen and oxygen atoms in total. The third-order valence-corrected chi connectivity index (χ3v) is 2.37. The molecule has 13 heavy (non-hydrogen) atoms. The summed E-state index contributed by atoms with van der Waals surface area (Å²) in [6.45, 7) is 0. The summed E-state index contributed by atoms with van der Waals surface area (Å²) in [5.41, 5.74) is 0.839. The maximum atomic E-state index is 9.41. The van der Waals surface area contributed by atoms with Crippen molar-refractivity contribution in [2.45, 2.75) is 0 Å². The van der Waals surface area contributed by atoms with Gasteiger partial charge in [-0.25, -0.2) is 4.68 Å². The lowest BCUT2D eigenvalue weighted by atomic mass is 10.3. The molecule has 0 aliphatic heterocycles. The molecule has 0 aliphatic carbocycles. The molecule has 1 aromatic heterocycles. The zero-order valence-electron chi connectivity index (χ0n) is 6.68. The standard InChI is InChI=1S/C9H7BrN2O/c10-8-3-2-7(6-9(8)13)12-5-1-4-11-12/h1-6,13H. The summed E-state index contributed by atoms with van der Waals surface area (Å²) >= 11 is 3.21. The highest BCUT2D eigenvalue weighted by Gasteiger charge is 2.00. The summed E-state index contributed by atoms with van der Waals surface area (Å²) in [6.07, 6.45) is 3.52. The highest BCUT2D eigenvalue weighted by molar-refractivity contribution is 9.10. The number of hydrogen-bond acceptors (Lipinski definition) is 2. The molecule has 66 valence electrons. The Labute approximate surface area is 83.8 Å². The fourth-order valence-corrected chi connectivity index (χ4v) is 1.31. The van der Waals surface area contributed by atoms with E-state index in [0.717, 1.165) is 5.69 Å². The predicted octanol–water partition coefficient (Wildman–Crippen LogP) is 2.34. The van der Waals surface area contributed by atoms with Gasteiger partial charge in [-0.15, -0.1) is 0 Å². The largest absolute Gasteiger partial charge is 0.507 e. The molecule has 0 radical (unpaired) electrons. The van der Waals surface area contributed by atoms with E-state index in [0.29, 0.717) is 4.47 Å². The normalized spacial score (nSPS) is 10.2. The molecule has 0 unspecified atom stereocenters. The summed E-state index contributed by atoms with van der Waals surface area (Å²) < 4.78 is 2.37. The molecular weight excluding hydrogens is 232 g/mol. The zero-order valence-corrected chi connectivity index (χ0v) is 8.27. The van der Waals surface area contributed by atoms with Gasteiger partial charge in [0.25, 0.3) is 0 Å². The fraction of sp³-hybridized carbons (Fsp3) is 0. The van der Waals surface area contributed by atoms with Gasteiger partial charge in [0.15, 0.2) is 0 Å². The fourth-order valence-electron chi connectivity index (χ4n) is 1.07. The van der Waals surface area contributed by atoms with Crippen LogP contribution in [0.25, 0.3) is 5.69 Å². The van der Waals surface area contributed by atoms with E-state index in [2.05, 4.69) is 21.0 Å². The first-order valence-corrected chi connectivity index (χ1v) is 4.55. The maximum Gasteiger partial charge on any atom is 0.131 e. The number of nitrogens with zero attached hydrogens (tertiary/aromatic N) is 2. The van der Waals surface area contributed by atoms with Gasteiger partial charge in [-0.2, -0.15) is 5.10 Å². The molecule has 0 saturated heterocycles. The number of hydrogen-bond donors (Lipinski definition) is 1. The molecular formula is C9H7BrN2O. The van der Waals surface area contributed by atoms with Gasteiger partial charge in [0.2, 0.25) is 0 Å². The molecule has 0 spiro atoms. The number of benzene rings is 1. The lowest BCUT2D eigenvalue weighted by molar-refractivity contribution is 0.471. The Morgan fingerprint density at radius 1 is 1.38 bits per heavy atom. The minimum atomic E-state index is 0.216. The zero-order chi connectivity index (χ0) is 9.26. The van der Waals surface area contributed by atoms with Gasteiger partial charge in [-0.1, -0.05) is 0 Å². The molecule has 0 atom stereocenters. The van der Waals surface area contributed by atoms with Crippen LogP contribution in [0, 0.1) is 0 Å². The molecule has 1 aromatic carbocycles. The Morgan fingerprint density at radius 3 is 2.85 bits per heavy atom. The Hall–Kier alpha value is -1.29. The minimum Gasteiger partial charge on any atom is -0.507 e. The van der Waals surface area contributed by atoms with E-state index in [4.69, 9.17) is 0 Å². The SMILES string of the molecule is Oc1cc(-n2cccn2)ccc1Br. The number of phenolic OH excluding ortho intramolecular Hbond substituents is 1. The first-order chi connectivity index (χ1) is 6.27. The van der Waals surface area contributed by atoms with Crippen LogP contribution < -0.4 is 0 Å². The number of aromatic hydroxyl groups is 1. The van der Waals surface area contributed by atoms with Crippen molar-refractivity contribution in [3.63, 3.8) is 0 Å². The second-order valence-corrected chi connectivity index (χ2v) is 3.44. The van der Waals surface area contributed by atoms with E-state index >= 15 is 0 Å². The van der Waals surface area contributed by atoms with Gasteiger partial charge in [0, 0.05) is 18.5 Å². The van der Waals surface area contributed by atoms with E-state index in [9.17, 15) is 5.11 Å². The van der Waals surface area contributed by atoms with Gasteiger partial charge in [0.1, 0.15) is 5.75 Å². The second-order valence-electron chi connectivity index (χ2n) is 2.59. The molecule has 2 rings (SSSR count). The Bertz CT molecular complexity index is 412. The van der Waals surface area contributed by atoms with Gasteiger partial charge >= 0.3 is 0 Å². The van der Waals surface area contributed by atoms with Crippen molar-refractivity contribution in [2.75, 3.05) is 0 Å². The van der Waals surface area contributed by atoms with E-state index in [1.807, 2.05) is 18.3 Å². The summed E-state index contributed by atoms with van der Waals surface area (Å²) in [7, 11) is 0. The monoisotopic (exact) mass is 238 g/mol. The van der Waals surface area contributed by atoms with Gasteiger partial charge in [0.05, 0.1) is 10.2 Å². The van der Waals surface area contributed by atoms with Crippen LogP contribution in [-0.2, 0) is 0 Å². The molecule has 1 heterocycles. The molecule has 0 saturated carbocycles. The van der Waals surface area contributed by atoms with Crippen molar-refractivity contribution in [1.29, 1.82) is 0 Å². The number of phenols is 1. The maximum absolute atomic E-state index is 9.41. The summed E-state index contributed by atoms with van der Waals surface area (Å²) in [6, 6.07) is 7.14. The van der Waals surface area contributed by atoms with Crippen molar-refractivity contribution in [1.82, 2.24) is 9.78 Å². The summed E-state index contributed by atoms with van der Waals surface area (Å²) in [5.74, 6) is 0.216. The Kier molecular flexibility index (Phi) is 2.06. The van der Waals surface area contributed by atoms with Crippen LogP contribution in [0.2, 0.25) is 0 Å². The van der Waals surface area contributed by atoms with Crippen molar-refractivity contribution in [3.05, 3.63) is 41.1 Å². The van der Waals surface area contributed by atoms with Crippen LogP contribution in [-0.4, -0.2) is 14.9 Å². The van der Waals surface area contributed by atoms with Crippen LogP contribution in [0.5, 0.6) is 5.75 Å². The smallest absolute Gasteiger partial charge is 0.131 e.